The van der Waals surface area contributed by atoms with E-state index >= 15 is 0 Å². The minimum absolute atomic E-state index is 0.0226. The van der Waals surface area contributed by atoms with Crippen LogP contribution in [0.5, 0.6) is 0 Å². The van der Waals surface area contributed by atoms with Gasteiger partial charge in [0.05, 0.1) is 18.2 Å². The highest BCUT2D eigenvalue weighted by Crippen LogP contribution is 2.15. The van der Waals surface area contributed by atoms with Crippen molar-refractivity contribution in [2.24, 2.45) is 0 Å². The van der Waals surface area contributed by atoms with Gasteiger partial charge in [-0.15, -0.1) is 0 Å². The van der Waals surface area contributed by atoms with Crippen molar-refractivity contribution in [2.45, 2.75) is 20.4 Å². The van der Waals surface area contributed by atoms with Gasteiger partial charge < -0.3 is 9.30 Å². The molecule has 0 atom stereocenters. The third-order valence-corrected chi connectivity index (χ3v) is 3.63. The number of benzene rings is 1. The number of rotatable bonds is 5. The van der Waals surface area contributed by atoms with Crippen molar-refractivity contribution in [2.75, 3.05) is 6.61 Å². The molecule has 23 heavy (non-hydrogen) atoms. The van der Waals surface area contributed by atoms with Crippen molar-refractivity contribution in [3.05, 3.63) is 68.6 Å². The number of Topliss-reactive ketones (excluding diaryl/α,β-unsaturated/α-hetero) is 1. The summed E-state index contributed by atoms with van der Waals surface area (Å²) in [4.78, 5) is 36.7. The number of halogens is 1. The minimum atomic E-state index is -0.789. The number of hydrogen-bond donors (Lipinski definition) is 0. The molecule has 0 unspecified atom stereocenters. The van der Waals surface area contributed by atoms with Crippen molar-refractivity contribution in [1.29, 1.82) is 0 Å². The molecule has 0 aliphatic carbocycles. The second-order valence-electron chi connectivity index (χ2n) is 4.91. The lowest BCUT2D eigenvalue weighted by Gasteiger charge is -2.12. The fourth-order valence-electron chi connectivity index (χ4n) is 2.17. The van der Waals surface area contributed by atoms with Gasteiger partial charge in [-0.3, -0.25) is 9.59 Å². The van der Waals surface area contributed by atoms with Crippen molar-refractivity contribution in [3.63, 3.8) is 0 Å². The first kappa shape index (κ1) is 17.0. The van der Waals surface area contributed by atoms with E-state index in [9.17, 15) is 14.4 Å². The summed E-state index contributed by atoms with van der Waals surface area (Å²) in [6, 6.07) is 10.1. The highest BCUT2D eigenvalue weighted by Gasteiger charge is 2.21. The molecule has 6 heteroatoms. The first-order chi connectivity index (χ1) is 11.0. The van der Waals surface area contributed by atoms with E-state index in [1.165, 1.54) is 10.6 Å². The smallest absolute Gasteiger partial charge is 0.345 e. The summed E-state index contributed by atoms with van der Waals surface area (Å²) in [5.41, 5.74) is 0.112. The largest absolute Gasteiger partial charge is 0.462 e. The number of ether oxygens (including phenoxy) is 1. The number of carbonyl (C=O) groups is 2. The minimum Gasteiger partial charge on any atom is -0.462 e. The van der Waals surface area contributed by atoms with Crippen LogP contribution < -0.4 is 5.56 Å². The van der Waals surface area contributed by atoms with Crippen LogP contribution in [0.2, 0.25) is 5.02 Å². The molecule has 0 saturated heterocycles. The number of aromatic nitrogens is 1. The summed E-state index contributed by atoms with van der Waals surface area (Å²) in [6.45, 7) is 3.25. The Labute approximate surface area is 138 Å². The zero-order valence-electron chi connectivity index (χ0n) is 12.8. The number of esters is 1. The van der Waals surface area contributed by atoms with E-state index in [0.29, 0.717) is 11.3 Å². The van der Waals surface area contributed by atoms with E-state index in [4.69, 9.17) is 16.3 Å². The first-order valence-corrected chi connectivity index (χ1v) is 7.48. The molecule has 2 aromatic rings. The van der Waals surface area contributed by atoms with Crippen molar-refractivity contribution >= 4 is 23.4 Å². The van der Waals surface area contributed by atoms with E-state index in [-0.39, 0.29) is 29.5 Å². The van der Waals surface area contributed by atoms with Gasteiger partial charge in [0.25, 0.3) is 5.56 Å². The molecule has 0 saturated carbocycles. The lowest BCUT2D eigenvalue weighted by atomic mass is 10.1. The van der Waals surface area contributed by atoms with Gasteiger partial charge in [-0.05, 0) is 19.9 Å². The van der Waals surface area contributed by atoms with Crippen LogP contribution in [0.3, 0.4) is 0 Å². The molecule has 0 bridgehead atoms. The fraction of sp³-hybridized carbons (Fsp3) is 0.235. The zero-order valence-corrected chi connectivity index (χ0v) is 13.6. The summed E-state index contributed by atoms with van der Waals surface area (Å²) in [5.74, 6) is -1.02. The molecule has 0 aliphatic rings. The zero-order chi connectivity index (χ0) is 17.0. The molecule has 0 N–H and O–H groups in total. The Hall–Kier alpha value is -2.40. The van der Waals surface area contributed by atoms with Gasteiger partial charge in [-0.1, -0.05) is 41.9 Å². The molecular weight excluding hydrogens is 318 g/mol. The SMILES string of the molecule is CCOC(=O)c1c(Cl)cc(C)n(CC(=O)c2ccccc2)c1=O. The molecule has 1 aromatic carbocycles. The van der Waals surface area contributed by atoms with E-state index < -0.39 is 11.5 Å². The highest BCUT2D eigenvalue weighted by molar-refractivity contribution is 6.33. The summed E-state index contributed by atoms with van der Waals surface area (Å²) >= 11 is 5.99. The van der Waals surface area contributed by atoms with Crippen LogP contribution >= 0.6 is 11.6 Å². The van der Waals surface area contributed by atoms with Gasteiger partial charge in [0, 0.05) is 11.3 Å². The molecular formula is C17H16ClNO4. The lowest BCUT2D eigenvalue weighted by molar-refractivity contribution is 0.0523. The van der Waals surface area contributed by atoms with E-state index in [2.05, 4.69) is 0 Å². The lowest BCUT2D eigenvalue weighted by Crippen LogP contribution is -2.31. The monoisotopic (exact) mass is 333 g/mol. The molecule has 0 aliphatic heterocycles. The van der Waals surface area contributed by atoms with Crippen molar-refractivity contribution in [1.82, 2.24) is 4.57 Å². The molecule has 0 amide bonds. The maximum Gasteiger partial charge on any atom is 0.345 e. The van der Waals surface area contributed by atoms with Crippen LogP contribution in [0, 0.1) is 6.92 Å². The van der Waals surface area contributed by atoms with Crippen LogP contribution in [-0.2, 0) is 11.3 Å². The second kappa shape index (κ2) is 7.24. The third kappa shape index (κ3) is 3.68. The Kier molecular flexibility index (Phi) is 5.34. The molecule has 2 rings (SSSR count). The standard InChI is InChI=1S/C17H16ClNO4/c1-3-23-17(22)15-13(18)9-11(2)19(16(15)21)10-14(20)12-7-5-4-6-8-12/h4-9H,3,10H2,1-2H3. The Morgan fingerprint density at radius 1 is 1.22 bits per heavy atom. The van der Waals surface area contributed by atoms with E-state index in [1.54, 1.807) is 44.2 Å². The van der Waals surface area contributed by atoms with Crippen molar-refractivity contribution in [3.8, 4) is 0 Å². The van der Waals surface area contributed by atoms with Crippen LogP contribution in [0.25, 0.3) is 0 Å². The molecule has 5 nitrogen and oxygen atoms in total. The molecule has 1 aromatic heterocycles. The van der Waals surface area contributed by atoms with Gasteiger partial charge >= 0.3 is 5.97 Å². The number of nitrogens with zero attached hydrogens (tertiary/aromatic N) is 1. The fourth-order valence-corrected chi connectivity index (χ4v) is 2.49. The van der Waals surface area contributed by atoms with E-state index in [0.717, 1.165) is 0 Å². The maximum atomic E-state index is 12.5. The van der Waals surface area contributed by atoms with Gasteiger partial charge in [-0.2, -0.15) is 0 Å². The maximum absolute atomic E-state index is 12.5. The van der Waals surface area contributed by atoms with Crippen LogP contribution in [-0.4, -0.2) is 22.9 Å². The summed E-state index contributed by atoms with van der Waals surface area (Å²) < 4.78 is 6.08. The predicted octanol–water partition coefficient (Wildman–Crippen LogP) is 2.87. The third-order valence-electron chi connectivity index (χ3n) is 3.34. The molecule has 0 fully saturated rings. The quantitative estimate of drug-likeness (QED) is 0.623. The average Bonchev–Trinajstić information content (AvgIpc) is 2.52. The first-order valence-electron chi connectivity index (χ1n) is 7.11. The van der Waals surface area contributed by atoms with Crippen LogP contribution in [0.1, 0.15) is 33.3 Å². The summed E-state index contributed by atoms with van der Waals surface area (Å²) in [7, 11) is 0. The van der Waals surface area contributed by atoms with Gasteiger partial charge in [0.15, 0.2) is 5.78 Å². The normalized spacial score (nSPS) is 10.4. The van der Waals surface area contributed by atoms with Gasteiger partial charge in [0.1, 0.15) is 5.56 Å². The molecule has 120 valence electrons. The van der Waals surface area contributed by atoms with Crippen molar-refractivity contribution < 1.29 is 14.3 Å². The summed E-state index contributed by atoms with van der Waals surface area (Å²) in [6.07, 6.45) is 0. The number of hydrogen-bond acceptors (Lipinski definition) is 4. The Bertz CT molecular complexity index is 796. The predicted molar refractivity (Wildman–Crippen MR) is 87.2 cm³/mol. The Morgan fingerprint density at radius 3 is 2.48 bits per heavy atom. The topological polar surface area (TPSA) is 65.4 Å². The number of pyridine rings is 1. The van der Waals surface area contributed by atoms with Crippen LogP contribution in [0.15, 0.2) is 41.2 Å². The number of aryl methyl sites for hydroxylation is 1. The summed E-state index contributed by atoms with van der Waals surface area (Å²) in [5, 5.41) is 0.0226. The Morgan fingerprint density at radius 2 is 1.87 bits per heavy atom. The molecule has 0 radical (unpaired) electrons. The second-order valence-corrected chi connectivity index (χ2v) is 5.32. The molecule has 1 heterocycles. The molecule has 0 spiro atoms. The number of carbonyl (C=O) groups excluding carboxylic acids is 2. The van der Waals surface area contributed by atoms with Gasteiger partial charge in [0.2, 0.25) is 0 Å². The number of ketones is 1. The van der Waals surface area contributed by atoms with E-state index in [1.807, 2.05) is 0 Å². The Balaban J connectivity index is 2.43. The van der Waals surface area contributed by atoms with Gasteiger partial charge in [-0.25, -0.2) is 4.79 Å². The van der Waals surface area contributed by atoms with Crippen LogP contribution in [0.4, 0.5) is 0 Å². The average molecular weight is 334 g/mol. The highest BCUT2D eigenvalue weighted by atomic mass is 35.5.